The third-order valence-corrected chi connectivity index (χ3v) is 1.02. The molecule has 0 atom stereocenters. The van der Waals surface area contributed by atoms with Gasteiger partial charge in [-0.25, -0.2) is 4.98 Å². The van der Waals surface area contributed by atoms with Gasteiger partial charge >= 0.3 is 29.6 Å². The molecule has 0 amide bonds. The number of aryl methyl sites for hydroxylation is 1. The number of hydrogen-bond acceptors (Lipinski definition) is 3. The first kappa shape index (κ1) is 9.68. The van der Waals surface area contributed by atoms with Crippen molar-refractivity contribution in [1.82, 2.24) is 9.97 Å². The largest absolute Gasteiger partial charge is 1.00 e. The Bertz CT molecular complexity index is 233. The van der Waals surface area contributed by atoms with Crippen LogP contribution in [0.5, 0.6) is 0 Å². The smallest absolute Gasteiger partial charge is 0.543 e. The summed E-state index contributed by atoms with van der Waals surface area (Å²) in [5, 5.41) is 10.1. The summed E-state index contributed by atoms with van der Waals surface area (Å²) in [6.07, 6.45) is 1.32. The van der Waals surface area contributed by atoms with Gasteiger partial charge in [0.15, 0.2) is 0 Å². The number of carboxylic acid groups (broad SMARTS) is 1. The van der Waals surface area contributed by atoms with Crippen LogP contribution in [0.2, 0.25) is 0 Å². The zero-order valence-corrected chi connectivity index (χ0v) is 7.84. The average Bonchev–Trinajstić information content (AvgIpc) is 2.13. The Kier molecular flexibility index (Phi) is 3.63. The van der Waals surface area contributed by atoms with Crippen molar-refractivity contribution in [2.45, 2.75) is 6.92 Å². The number of rotatable bonds is 1. The second-order valence-electron chi connectivity index (χ2n) is 1.66. The van der Waals surface area contributed by atoms with Crippen LogP contribution in [0, 0.1) is 6.92 Å². The molecule has 1 N–H and O–H groups in total. The summed E-state index contributed by atoms with van der Waals surface area (Å²) < 4.78 is 0. The monoisotopic (exact) mass is 148 g/mol. The van der Waals surface area contributed by atoms with Crippen molar-refractivity contribution in [3.05, 3.63) is 17.7 Å². The van der Waals surface area contributed by atoms with Crippen LogP contribution in [0.25, 0.3) is 0 Å². The van der Waals surface area contributed by atoms with Gasteiger partial charge in [-0.05, 0) is 6.92 Å². The molecule has 0 bridgehead atoms. The molecule has 1 rings (SSSR count). The summed E-state index contributed by atoms with van der Waals surface area (Å²) in [5.74, 6) is -1.24. The van der Waals surface area contributed by atoms with E-state index in [9.17, 15) is 9.90 Å². The maximum absolute atomic E-state index is 10.1. The molecule has 0 aromatic carbocycles. The van der Waals surface area contributed by atoms with E-state index in [1.165, 1.54) is 6.33 Å². The topological polar surface area (TPSA) is 68.8 Å². The second-order valence-corrected chi connectivity index (χ2v) is 1.66. The molecule has 48 valence electrons. The molecule has 5 heteroatoms. The summed E-state index contributed by atoms with van der Waals surface area (Å²) in [5.41, 5.74) is 0.505. The summed E-state index contributed by atoms with van der Waals surface area (Å²) in [7, 11) is 0. The number of nitrogens with one attached hydrogen (secondary N) is 1. The molecular formula is C5H5N2NaO2. The molecule has 0 unspecified atom stereocenters. The third-order valence-electron chi connectivity index (χ3n) is 1.02. The minimum atomic E-state index is -1.24. The molecule has 0 aliphatic heterocycles. The van der Waals surface area contributed by atoms with Crippen molar-refractivity contribution in [3.8, 4) is 0 Å². The molecule has 0 fully saturated rings. The molecule has 1 aromatic heterocycles. The number of nitrogens with zero attached hydrogens (tertiary/aromatic N) is 1. The van der Waals surface area contributed by atoms with Gasteiger partial charge < -0.3 is 14.9 Å². The van der Waals surface area contributed by atoms with Gasteiger partial charge in [0.25, 0.3) is 0 Å². The predicted octanol–water partition coefficient (Wildman–Crippen LogP) is -3.91. The molecule has 0 radical (unpaired) electrons. The molecular weight excluding hydrogens is 143 g/mol. The minimum Gasteiger partial charge on any atom is -0.543 e. The van der Waals surface area contributed by atoms with Gasteiger partial charge in [0.2, 0.25) is 0 Å². The van der Waals surface area contributed by atoms with Gasteiger partial charge in [-0.2, -0.15) is 0 Å². The Morgan fingerprint density at radius 2 is 2.40 bits per heavy atom. The maximum atomic E-state index is 10.1. The number of H-pyrrole nitrogens is 1. The summed E-state index contributed by atoms with van der Waals surface area (Å²) in [6, 6.07) is 0. The van der Waals surface area contributed by atoms with Crippen LogP contribution in [-0.2, 0) is 0 Å². The molecule has 0 saturated heterocycles. The number of imidazole rings is 1. The quantitative estimate of drug-likeness (QED) is 0.414. The number of aromatic carboxylic acids is 1. The number of carbonyl (C=O) groups is 1. The van der Waals surface area contributed by atoms with Gasteiger partial charge in [0, 0.05) is 5.69 Å². The van der Waals surface area contributed by atoms with Crippen LogP contribution in [0.4, 0.5) is 0 Å². The van der Waals surface area contributed by atoms with Crippen molar-refractivity contribution in [1.29, 1.82) is 0 Å². The van der Waals surface area contributed by atoms with Gasteiger partial charge in [0.05, 0.1) is 12.3 Å². The molecule has 0 aliphatic rings. The van der Waals surface area contributed by atoms with Crippen molar-refractivity contribution in [3.63, 3.8) is 0 Å². The molecule has 10 heavy (non-hydrogen) atoms. The molecule has 0 aliphatic carbocycles. The van der Waals surface area contributed by atoms with E-state index in [0.717, 1.165) is 0 Å². The zero-order valence-electron chi connectivity index (χ0n) is 5.84. The molecule has 0 saturated carbocycles. The standard InChI is InChI=1S/C5H6N2O2.Na/c1-3-4(5(8)9)7-2-6-3;/h2H,1H3,(H,6,7)(H,8,9);/q;+1/p-1. The fourth-order valence-electron chi connectivity index (χ4n) is 0.565. The van der Waals surface area contributed by atoms with E-state index in [4.69, 9.17) is 0 Å². The van der Waals surface area contributed by atoms with Crippen LogP contribution in [-0.4, -0.2) is 15.9 Å². The number of aromatic amines is 1. The van der Waals surface area contributed by atoms with Crippen molar-refractivity contribution >= 4 is 5.97 Å². The van der Waals surface area contributed by atoms with Gasteiger partial charge in [-0.1, -0.05) is 0 Å². The Hall–Kier alpha value is -0.320. The van der Waals surface area contributed by atoms with Crippen molar-refractivity contribution < 1.29 is 39.5 Å². The number of hydrogen-bond donors (Lipinski definition) is 1. The van der Waals surface area contributed by atoms with Crippen molar-refractivity contribution in [2.75, 3.05) is 0 Å². The minimum absolute atomic E-state index is 0. The van der Waals surface area contributed by atoms with Gasteiger partial charge in [-0.15, -0.1) is 0 Å². The molecule has 1 aromatic rings. The normalized spacial score (nSPS) is 8.50. The second kappa shape index (κ2) is 3.75. The number of carboxylic acids is 1. The predicted molar refractivity (Wildman–Crippen MR) is 27.7 cm³/mol. The van der Waals surface area contributed by atoms with Crippen LogP contribution in [0.1, 0.15) is 16.2 Å². The summed E-state index contributed by atoms with van der Waals surface area (Å²) in [4.78, 5) is 16.2. The first-order chi connectivity index (χ1) is 4.22. The van der Waals surface area contributed by atoms with Crippen LogP contribution in [0.15, 0.2) is 6.33 Å². The Morgan fingerprint density at radius 3 is 2.60 bits per heavy atom. The third kappa shape index (κ3) is 1.83. The van der Waals surface area contributed by atoms with E-state index in [1.807, 2.05) is 0 Å². The summed E-state index contributed by atoms with van der Waals surface area (Å²) in [6.45, 7) is 1.62. The van der Waals surface area contributed by atoms with Crippen LogP contribution >= 0.6 is 0 Å². The molecule has 4 nitrogen and oxygen atoms in total. The molecule has 1 heterocycles. The van der Waals surface area contributed by atoms with Crippen LogP contribution < -0.4 is 34.7 Å². The first-order valence-corrected chi connectivity index (χ1v) is 2.43. The van der Waals surface area contributed by atoms with E-state index >= 15 is 0 Å². The SMILES string of the molecule is Cc1[nH]cnc1C(=O)[O-].[Na+]. The van der Waals surface area contributed by atoms with Crippen LogP contribution in [0.3, 0.4) is 0 Å². The van der Waals surface area contributed by atoms with E-state index in [-0.39, 0.29) is 35.3 Å². The van der Waals surface area contributed by atoms with Gasteiger partial charge in [-0.3, -0.25) is 0 Å². The molecule has 0 spiro atoms. The van der Waals surface area contributed by atoms with Gasteiger partial charge in [0.1, 0.15) is 5.69 Å². The van der Waals surface area contributed by atoms with E-state index in [2.05, 4.69) is 9.97 Å². The number of carbonyl (C=O) groups excluding carboxylic acids is 1. The van der Waals surface area contributed by atoms with Crippen molar-refractivity contribution in [2.24, 2.45) is 0 Å². The van der Waals surface area contributed by atoms with E-state index in [0.29, 0.717) is 5.69 Å². The fraction of sp³-hybridized carbons (Fsp3) is 0.200. The first-order valence-electron chi connectivity index (χ1n) is 2.43. The zero-order chi connectivity index (χ0) is 6.85. The Morgan fingerprint density at radius 1 is 1.80 bits per heavy atom. The number of aromatic nitrogens is 2. The van der Waals surface area contributed by atoms with E-state index in [1.54, 1.807) is 6.92 Å². The average molecular weight is 148 g/mol. The Balaban J connectivity index is 0.000000810. The van der Waals surface area contributed by atoms with E-state index < -0.39 is 5.97 Å². The summed E-state index contributed by atoms with van der Waals surface area (Å²) >= 11 is 0. The maximum Gasteiger partial charge on any atom is 1.00 e. The Labute approximate surface area is 80.0 Å². The fourth-order valence-corrected chi connectivity index (χ4v) is 0.565.